The number of nitrogens with one attached hydrogen (secondary N) is 1. The number of nitrogens with zero attached hydrogens (tertiary/aromatic N) is 4. The summed E-state index contributed by atoms with van der Waals surface area (Å²) < 4.78 is 3.28. The number of thioether (sulfide) groups is 1. The Morgan fingerprint density at radius 2 is 2.00 bits per heavy atom. The maximum Gasteiger partial charge on any atom is 0.250 e. The predicted molar refractivity (Wildman–Crippen MR) is 126 cm³/mol. The van der Waals surface area contributed by atoms with Gasteiger partial charge in [0.25, 0.3) is 5.91 Å². The van der Waals surface area contributed by atoms with Crippen LogP contribution in [0.25, 0.3) is 11.4 Å². The zero-order valence-electron chi connectivity index (χ0n) is 16.3. The van der Waals surface area contributed by atoms with Crippen molar-refractivity contribution in [3.05, 3.63) is 56.5 Å². The molecule has 10 heteroatoms. The van der Waals surface area contributed by atoms with E-state index in [0.29, 0.717) is 21.7 Å². The van der Waals surface area contributed by atoms with Crippen LogP contribution in [0.1, 0.15) is 18.1 Å². The zero-order valence-corrected chi connectivity index (χ0v) is 20.3. The third kappa shape index (κ3) is 5.50. The second-order valence-corrected chi connectivity index (χ2v) is 9.04. The Balaban J connectivity index is 1.62. The molecule has 0 saturated carbocycles. The molecule has 3 aromatic rings. The van der Waals surface area contributed by atoms with Crippen molar-refractivity contribution in [1.82, 2.24) is 20.2 Å². The van der Waals surface area contributed by atoms with Gasteiger partial charge in [-0.3, -0.25) is 4.79 Å². The largest absolute Gasteiger partial charge is 0.506 e. The van der Waals surface area contributed by atoms with Crippen molar-refractivity contribution in [2.24, 2.45) is 5.10 Å². The van der Waals surface area contributed by atoms with Gasteiger partial charge in [0.15, 0.2) is 11.0 Å². The Kier molecular flexibility index (Phi) is 7.68. The van der Waals surface area contributed by atoms with E-state index in [1.54, 1.807) is 12.1 Å². The third-order valence-electron chi connectivity index (χ3n) is 4.13. The number of hydrogen-bond donors (Lipinski definition) is 2. The van der Waals surface area contributed by atoms with Gasteiger partial charge in [-0.15, -0.1) is 10.2 Å². The molecule has 0 atom stereocenters. The molecule has 156 valence electrons. The fourth-order valence-corrected chi connectivity index (χ4v) is 4.67. The Labute approximate surface area is 195 Å². The van der Waals surface area contributed by atoms with Gasteiger partial charge >= 0.3 is 0 Å². The van der Waals surface area contributed by atoms with E-state index in [9.17, 15) is 9.90 Å². The number of phenols is 1. The maximum absolute atomic E-state index is 12.2. The summed E-state index contributed by atoms with van der Waals surface area (Å²) >= 11 is 7.89. The predicted octanol–water partition coefficient (Wildman–Crippen LogP) is 4.75. The molecule has 0 fully saturated rings. The van der Waals surface area contributed by atoms with E-state index in [1.807, 2.05) is 42.7 Å². The van der Waals surface area contributed by atoms with Crippen LogP contribution in [0, 0.1) is 6.92 Å². The molecular weight excluding hydrogens is 534 g/mol. The van der Waals surface area contributed by atoms with E-state index in [0.717, 1.165) is 15.9 Å². The van der Waals surface area contributed by atoms with E-state index >= 15 is 0 Å². The first-order chi connectivity index (χ1) is 14.4. The number of amides is 1. The molecule has 2 N–H and O–H groups in total. The second-order valence-electron chi connectivity index (χ2n) is 6.32. The molecule has 1 heterocycles. The van der Waals surface area contributed by atoms with Crippen molar-refractivity contribution in [2.75, 3.05) is 5.75 Å². The van der Waals surface area contributed by atoms with Crippen LogP contribution in [-0.4, -0.2) is 37.7 Å². The number of carbonyl (C=O) groups excluding carboxylic acids is 1. The van der Waals surface area contributed by atoms with Crippen LogP contribution in [0.4, 0.5) is 0 Å². The van der Waals surface area contributed by atoms with Crippen molar-refractivity contribution >= 4 is 55.7 Å². The Bertz CT molecular complexity index is 1080. The summed E-state index contributed by atoms with van der Waals surface area (Å²) in [5.74, 6) is 0.670. The molecule has 0 spiro atoms. The minimum Gasteiger partial charge on any atom is -0.506 e. The lowest BCUT2D eigenvalue weighted by Gasteiger charge is -2.07. The van der Waals surface area contributed by atoms with Crippen LogP contribution in [0.15, 0.2) is 55.6 Å². The molecule has 7 nitrogen and oxygen atoms in total. The second kappa shape index (κ2) is 10.2. The first-order valence-electron chi connectivity index (χ1n) is 9.02. The first-order valence-corrected chi connectivity index (χ1v) is 11.6. The molecule has 0 radical (unpaired) electrons. The summed E-state index contributed by atoms with van der Waals surface area (Å²) in [5.41, 5.74) is 5.09. The van der Waals surface area contributed by atoms with E-state index in [-0.39, 0.29) is 17.4 Å². The highest BCUT2D eigenvalue weighted by atomic mass is 79.9. The topological polar surface area (TPSA) is 92.4 Å². The number of aromatic hydroxyl groups is 1. The van der Waals surface area contributed by atoms with Crippen molar-refractivity contribution in [2.45, 2.75) is 25.5 Å². The molecule has 2 aromatic carbocycles. The molecule has 0 saturated heterocycles. The van der Waals surface area contributed by atoms with E-state index in [2.05, 4.69) is 52.6 Å². The molecule has 0 aliphatic carbocycles. The van der Waals surface area contributed by atoms with Crippen LogP contribution in [0.2, 0.25) is 0 Å². The summed E-state index contributed by atoms with van der Waals surface area (Å²) in [6.45, 7) is 4.74. The van der Waals surface area contributed by atoms with Gasteiger partial charge in [-0.25, -0.2) is 5.43 Å². The van der Waals surface area contributed by atoms with Crippen molar-refractivity contribution in [1.29, 1.82) is 0 Å². The number of rotatable bonds is 7. The molecule has 1 amide bonds. The third-order valence-corrected chi connectivity index (χ3v) is 6.15. The minimum absolute atomic E-state index is 0.0465. The number of hydrogen-bond acceptors (Lipinski definition) is 6. The van der Waals surface area contributed by atoms with Gasteiger partial charge in [0.05, 0.1) is 16.4 Å². The molecule has 3 rings (SSSR count). The summed E-state index contributed by atoms with van der Waals surface area (Å²) in [4.78, 5) is 12.2. The average Bonchev–Trinajstić information content (AvgIpc) is 3.13. The smallest absolute Gasteiger partial charge is 0.250 e. The number of phenolic OH excluding ortho intramolecular Hbond substituents is 1. The van der Waals surface area contributed by atoms with Gasteiger partial charge in [0.1, 0.15) is 5.75 Å². The van der Waals surface area contributed by atoms with E-state index < -0.39 is 0 Å². The molecule has 1 aromatic heterocycles. The minimum atomic E-state index is -0.285. The summed E-state index contributed by atoms with van der Waals surface area (Å²) in [7, 11) is 0. The van der Waals surface area contributed by atoms with Crippen molar-refractivity contribution in [3.8, 4) is 17.1 Å². The van der Waals surface area contributed by atoms with E-state index in [4.69, 9.17) is 0 Å². The van der Waals surface area contributed by atoms with Crippen molar-refractivity contribution < 1.29 is 9.90 Å². The van der Waals surface area contributed by atoms with Gasteiger partial charge < -0.3 is 9.67 Å². The van der Waals surface area contributed by atoms with Crippen LogP contribution in [-0.2, 0) is 11.3 Å². The fraction of sp³-hybridized carbons (Fsp3) is 0.200. The molecule has 0 aliphatic rings. The molecule has 30 heavy (non-hydrogen) atoms. The monoisotopic (exact) mass is 551 g/mol. The lowest BCUT2D eigenvalue weighted by molar-refractivity contribution is -0.118. The number of hydrazone groups is 1. The summed E-state index contributed by atoms with van der Waals surface area (Å²) in [5, 5.41) is 23.1. The van der Waals surface area contributed by atoms with Crippen LogP contribution < -0.4 is 5.43 Å². The normalized spacial score (nSPS) is 11.2. The van der Waals surface area contributed by atoms with Gasteiger partial charge in [-0.2, -0.15) is 5.10 Å². The molecule has 0 unspecified atom stereocenters. The van der Waals surface area contributed by atoms with E-state index in [1.165, 1.54) is 23.5 Å². The SMILES string of the molecule is CCn1c(SCC(=O)N/N=C\c2cc(Br)cc(Br)c2O)nnc1-c1ccc(C)cc1. The standard InChI is InChI=1S/C20H19Br2N5O2S/c1-3-27-19(13-6-4-12(2)5-7-13)25-26-20(27)30-11-17(28)24-23-10-14-8-15(21)9-16(22)18(14)29/h4-10,29H,3,11H2,1-2H3,(H,24,28)/b23-10-. The zero-order chi connectivity index (χ0) is 21.7. The van der Waals surface area contributed by atoms with Gasteiger partial charge in [-0.05, 0) is 41.9 Å². The molecule has 0 aliphatic heterocycles. The number of aromatic nitrogens is 3. The van der Waals surface area contributed by atoms with Crippen molar-refractivity contribution in [3.63, 3.8) is 0 Å². The highest BCUT2D eigenvalue weighted by Gasteiger charge is 2.14. The number of aryl methyl sites for hydroxylation is 1. The summed E-state index contributed by atoms with van der Waals surface area (Å²) in [6.07, 6.45) is 1.39. The highest BCUT2D eigenvalue weighted by Crippen LogP contribution is 2.30. The number of halogens is 2. The number of carbonyl (C=O) groups is 1. The lowest BCUT2D eigenvalue weighted by Crippen LogP contribution is -2.20. The van der Waals surface area contributed by atoms with Crippen LogP contribution in [0.3, 0.4) is 0 Å². The Hall–Kier alpha value is -2.17. The average molecular weight is 553 g/mol. The van der Waals surface area contributed by atoms with Gasteiger partial charge in [0, 0.05) is 22.1 Å². The Morgan fingerprint density at radius 3 is 2.70 bits per heavy atom. The van der Waals surface area contributed by atoms with Gasteiger partial charge in [-0.1, -0.05) is 57.5 Å². The van der Waals surface area contributed by atoms with Gasteiger partial charge in [0.2, 0.25) is 0 Å². The highest BCUT2D eigenvalue weighted by molar-refractivity contribution is 9.11. The molecular formula is C20H19Br2N5O2S. The fourth-order valence-electron chi connectivity index (χ4n) is 2.62. The number of benzene rings is 2. The van der Waals surface area contributed by atoms with Crippen LogP contribution in [0.5, 0.6) is 5.75 Å². The summed E-state index contributed by atoms with van der Waals surface area (Å²) in [6, 6.07) is 11.5. The van der Waals surface area contributed by atoms with Crippen LogP contribution >= 0.6 is 43.6 Å². The first kappa shape index (κ1) is 22.5. The molecule has 0 bridgehead atoms. The lowest BCUT2D eigenvalue weighted by atomic mass is 10.1. The quantitative estimate of drug-likeness (QED) is 0.251. The maximum atomic E-state index is 12.2. The Morgan fingerprint density at radius 1 is 1.27 bits per heavy atom.